The number of amides is 1. The summed E-state index contributed by atoms with van der Waals surface area (Å²) in [6.07, 6.45) is 0. The zero-order chi connectivity index (χ0) is 22.0. The Kier molecular flexibility index (Phi) is 5.73. The Bertz CT molecular complexity index is 1230. The lowest BCUT2D eigenvalue weighted by molar-refractivity contribution is 0.101. The molecule has 0 aliphatic carbocycles. The number of hydrogen-bond donors (Lipinski definition) is 1. The molecule has 1 heterocycles. The summed E-state index contributed by atoms with van der Waals surface area (Å²) in [6, 6.07) is 20.7. The minimum absolute atomic E-state index is 0.0609. The van der Waals surface area contributed by atoms with Crippen molar-refractivity contribution in [3.63, 3.8) is 0 Å². The van der Waals surface area contributed by atoms with Gasteiger partial charge in [0.15, 0.2) is 5.82 Å². The van der Waals surface area contributed by atoms with Crippen LogP contribution in [0.2, 0.25) is 5.02 Å². The molecule has 1 N–H and O–H groups in total. The number of rotatable bonds is 5. The predicted molar refractivity (Wildman–Crippen MR) is 122 cm³/mol. The first-order chi connectivity index (χ1) is 15.0. The van der Waals surface area contributed by atoms with Gasteiger partial charge in [-0.15, -0.1) is 5.10 Å². The van der Waals surface area contributed by atoms with Crippen molar-refractivity contribution in [2.75, 3.05) is 12.4 Å². The van der Waals surface area contributed by atoms with Crippen LogP contribution >= 0.6 is 11.6 Å². The summed E-state index contributed by atoms with van der Waals surface area (Å²) >= 11 is 6.17. The molecule has 0 saturated carbocycles. The molecule has 1 aromatic heterocycles. The molecule has 6 nitrogen and oxygen atoms in total. The summed E-state index contributed by atoms with van der Waals surface area (Å²) < 4.78 is 6.90. The Labute approximate surface area is 185 Å². The van der Waals surface area contributed by atoms with Crippen molar-refractivity contribution < 1.29 is 9.53 Å². The fourth-order valence-corrected chi connectivity index (χ4v) is 3.30. The van der Waals surface area contributed by atoms with E-state index in [-0.39, 0.29) is 5.82 Å². The van der Waals surface area contributed by atoms with Crippen LogP contribution < -0.4 is 10.1 Å². The van der Waals surface area contributed by atoms with E-state index in [0.717, 1.165) is 28.1 Å². The first-order valence-corrected chi connectivity index (χ1v) is 10.1. The molecule has 0 aliphatic heterocycles. The Hall–Kier alpha value is -3.64. The number of carbonyl (C=O) groups is 1. The Balaban J connectivity index is 1.75. The number of benzene rings is 3. The molecule has 1 amide bonds. The highest BCUT2D eigenvalue weighted by Gasteiger charge is 2.20. The maximum absolute atomic E-state index is 12.9. The maximum atomic E-state index is 12.9. The quantitative estimate of drug-likeness (QED) is 0.454. The zero-order valence-electron chi connectivity index (χ0n) is 17.4. The second-order valence-electron chi connectivity index (χ2n) is 7.10. The van der Waals surface area contributed by atoms with Crippen molar-refractivity contribution in [2.45, 2.75) is 13.8 Å². The fourth-order valence-electron chi connectivity index (χ4n) is 3.12. The third kappa shape index (κ3) is 4.29. The molecule has 0 bridgehead atoms. The first kappa shape index (κ1) is 20.6. The van der Waals surface area contributed by atoms with Gasteiger partial charge in [-0.2, -0.15) is 0 Å². The van der Waals surface area contributed by atoms with Gasteiger partial charge < -0.3 is 10.1 Å². The van der Waals surface area contributed by atoms with Gasteiger partial charge in [0.05, 0.1) is 12.8 Å². The van der Waals surface area contributed by atoms with Gasteiger partial charge in [-0.05, 0) is 55.8 Å². The lowest BCUT2D eigenvalue weighted by Crippen LogP contribution is -2.15. The number of halogens is 1. The van der Waals surface area contributed by atoms with Crippen LogP contribution in [0.5, 0.6) is 5.75 Å². The number of ether oxygens (including phenoxy) is 1. The van der Waals surface area contributed by atoms with Gasteiger partial charge in [0.2, 0.25) is 5.82 Å². The Morgan fingerprint density at radius 2 is 1.71 bits per heavy atom. The van der Waals surface area contributed by atoms with Crippen molar-refractivity contribution in [1.29, 1.82) is 0 Å². The highest BCUT2D eigenvalue weighted by molar-refractivity contribution is 6.31. The van der Waals surface area contributed by atoms with Crippen LogP contribution in [-0.2, 0) is 0 Å². The van der Waals surface area contributed by atoms with Crippen LogP contribution in [-0.4, -0.2) is 27.8 Å². The van der Waals surface area contributed by atoms with Crippen molar-refractivity contribution in [2.24, 2.45) is 0 Å². The van der Waals surface area contributed by atoms with E-state index in [4.69, 9.17) is 16.3 Å². The number of anilines is 1. The van der Waals surface area contributed by atoms with E-state index < -0.39 is 5.91 Å². The zero-order valence-corrected chi connectivity index (χ0v) is 18.1. The molecule has 0 aliphatic rings. The molecule has 3 aromatic carbocycles. The summed E-state index contributed by atoms with van der Waals surface area (Å²) in [5.41, 5.74) is 4.16. The first-order valence-electron chi connectivity index (χ1n) is 9.71. The molecular weight excluding hydrogens is 412 g/mol. The molecule has 0 spiro atoms. The van der Waals surface area contributed by atoms with E-state index in [0.29, 0.717) is 16.5 Å². The number of nitrogens with one attached hydrogen (secondary N) is 1. The number of carbonyl (C=O) groups excluding carboxylic acids is 1. The van der Waals surface area contributed by atoms with E-state index in [1.165, 1.54) is 0 Å². The maximum Gasteiger partial charge on any atom is 0.295 e. The molecule has 0 radical (unpaired) electrons. The summed E-state index contributed by atoms with van der Waals surface area (Å²) in [7, 11) is 1.61. The second kappa shape index (κ2) is 8.62. The van der Waals surface area contributed by atoms with Crippen LogP contribution in [0.4, 0.5) is 5.69 Å². The van der Waals surface area contributed by atoms with Crippen molar-refractivity contribution in [3.8, 4) is 22.8 Å². The lowest BCUT2D eigenvalue weighted by atomic mass is 10.1. The van der Waals surface area contributed by atoms with Gasteiger partial charge in [-0.25, -0.2) is 9.67 Å². The van der Waals surface area contributed by atoms with Crippen molar-refractivity contribution >= 4 is 23.2 Å². The molecule has 0 unspecified atom stereocenters. The molecule has 31 heavy (non-hydrogen) atoms. The molecular formula is C24H21ClN4O2. The average Bonchev–Trinajstić information content (AvgIpc) is 3.23. The summed E-state index contributed by atoms with van der Waals surface area (Å²) in [5, 5.41) is 7.94. The van der Waals surface area contributed by atoms with Crippen LogP contribution in [0.1, 0.15) is 21.7 Å². The van der Waals surface area contributed by atoms with Gasteiger partial charge >= 0.3 is 0 Å². The molecule has 7 heteroatoms. The number of methoxy groups -OCH3 is 1. The third-order valence-electron chi connectivity index (χ3n) is 4.95. The Morgan fingerprint density at radius 1 is 1.00 bits per heavy atom. The van der Waals surface area contributed by atoms with E-state index in [1.54, 1.807) is 30.0 Å². The highest BCUT2D eigenvalue weighted by Crippen LogP contribution is 2.25. The van der Waals surface area contributed by atoms with Gasteiger partial charge in [0, 0.05) is 16.3 Å². The highest BCUT2D eigenvalue weighted by atomic mass is 35.5. The predicted octanol–water partition coefficient (Wildman–Crippen LogP) is 5.47. The van der Waals surface area contributed by atoms with E-state index in [2.05, 4.69) is 15.4 Å². The van der Waals surface area contributed by atoms with Crippen molar-refractivity contribution in [3.05, 3.63) is 88.7 Å². The normalized spacial score (nSPS) is 10.7. The van der Waals surface area contributed by atoms with Gasteiger partial charge in [-0.1, -0.05) is 47.5 Å². The topological polar surface area (TPSA) is 69.0 Å². The summed E-state index contributed by atoms with van der Waals surface area (Å²) in [6.45, 7) is 3.86. The number of nitrogens with zero attached hydrogens (tertiary/aromatic N) is 3. The number of hydrogen-bond acceptors (Lipinski definition) is 4. The smallest absolute Gasteiger partial charge is 0.295 e. The average molecular weight is 433 g/mol. The Morgan fingerprint density at radius 3 is 2.39 bits per heavy atom. The molecule has 0 fully saturated rings. The van der Waals surface area contributed by atoms with E-state index in [9.17, 15) is 4.79 Å². The summed E-state index contributed by atoms with van der Waals surface area (Å²) in [5.74, 6) is 0.949. The van der Waals surface area contributed by atoms with Gasteiger partial charge in [-0.3, -0.25) is 4.79 Å². The van der Waals surface area contributed by atoms with Crippen LogP contribution in [0, 0.1) is 13.8 Å². The van der Waals surface area contributed by atoms with Crippen LogP contribution in [0.15, 0.2) is 66.7 Å². The SMILES string of the molecule is COc1ccc(-n2nc(C(=O)Nc3cccc(Cl)c3C)nc2-c2ccc(C)cc2)cc1. The summed E-state index contributed by atoms with van der Waals surface area (Å²) in [4.78, 5) is 17.5. The third-order valence-corrected chi connectivity index (χ3v) is 5.36. The lowest BCUT2D eigenvalue weighted by Gasteiger charge is -2.07. The van der Waals surface area contributed by atoms with E-state index >= 15 is 0 Å². The number of aromatic nitrogens is 3. The minimum atomic E-state index is -0.411. The van der Waals surface area contributed by atoms with Crippen LogP contribution in [0.3, 0.4) is 0 Å². The van der Waals surface area contributed by atoms with Crippen LogP contribution in [0.25, 0.3) is 17.1 Å². The monoisotopic (exact) mass is 432 g/mol. The van der Waals surface area contributed by atoms with Gasteiger partial charge in [0.25, 0.3) is 5.91 Å². The largest absolute Gasteiger partial charge is 0.497 e. The van der Waals surface area contributed by atoms with E-state index in [1.807, 2.05) is 62.4 Å². The second-order valence-corrected chi connectivity index (χ2v) is 7.51. The minimum Gasteiger partial charge on any atom is -0.497 e. The van der Waals surface area contributed by atoms with Crippen molar-refractivity contribution in [1.82, 2.24) is 14.8 Å². The molecule has 4 aromatic rings. The molecule has 0 atom stereocenters. The standard InChI is InChI=1S/C24H21ClN4O2/c1-15-7-9-17(10-8-15)23-27-22(24(30)26-21-6-4-5-20(25)16(21)2)28-29(23)18-11-13-19(31-3)14-12-18/h4-14H,1-3H3,(H,26,30). The fraction of sp³-hybridized carbons (Fsp3) is 0.125. The van der Waals surface area contributed by atoms with Gasteiger partial charge in [0.1, 0.15) is 5.75 Å². The molecule has 4 rings (SSSR count). The number of aryl methyl sites for hydroxylation is 1. The molecule has 0 saturated heterocycles. The molecule has 156 valence electrons.